The Morgan fingerprint density at radius 1 is 1.14 bits per heavy atom. The van der Waals surface area contributed by atoms with Gasteiger partial charge in [0.25, 0.3) is 0 Å². The highest BCUT2D eigenvalue weighted by molar-refractivity contribution is 5.82. The number of nitrogens with one attached hydrogen (secondary N) is 3. The smallest absolute Gasteiger partial charge is 0.238 e. The molecule has 7 heteroatoms. The Morgan fingerprint density at radius 3 is 2.68 bits per heavy atom. The van der Waals surface area contributed by atoms with E-state index in [0.717, 1.165) is 16.7 Å². The lowest BCUT2D eigenvalue weighted by atomic mass is 9.99. The summed E-state index contributed by atoms with van der Waals surface area (Å²) in [6, 6.07) is 10.7. The number of benzene rings is 2. The van der Waals surface area contributed by atoms with Crippen LogP contribution < -0.4 is 25.6 Å². The Kier molecular flexibility index (Phi) is 6.38. The van der Waals surface area contributed by atoms with Crippen LogP contribution in [0.25, 0.3) is 0 Å². The van der Waals surface area contributed by atoms with Crippen molar-refractivity contribution in [2.24, 2.45) is 0 Å². The summed E-state index contributed by atoms with van der Waals surface area (Å²) in [7, 11) is 3.20. The van der Waals surface area contributed by atoms with Crippen molar-refractivity contribution in [2.75, 3.05) is 20.8 Å². The zero-order chi connectivity index (χ0) is 20.1. The van der Waals surface area contributed by atoms with Crippen LogP contribution in [-0.4, -0.2) is 37.8 Å². The number of aromatic hydroxyl groups is 1. The minimum Gasteiger partial charge on any atom is -0.508 e. The van der Waals surface area contributed by atoms with Gasteiger partial charge in [-0.15, -0.1) is 0 Å². The van der Waals surface area contributed by atoms with Gasteiger partial charge in [0.05, 0.1) is 20.3 Å². The minimum absolute atomic E-state index is 0.0670. The maximum atomic E-state index is 12.5. The molecule has 7 nitrogen and oxygen atoms in total. The molecule has 1 amide bonds. The van der Waals surface area contributed by atoms with E-state index in [4.69, 9.17) is 9.47 Å². The Bertz CT molecular complexity index is 840. The number of carbonyl (C=O) groups is 1. The molecule has 1 heterocycles. The molecule has 3 rings (SSSR count). The second kappa shape index (κ2) is 8.95. The Morgan fingerprint density at radius 2 is 1.93 bits per heavy atom. The van der Waals surface area contributed by atoms with Gasteiger partial charge in [0.15, 0.2) is 11.5 Å². The number of hydrogen-bond acceptors (Lipinski definition) is 6. The van der Waals surface area contributed by atoms with Gasteiger partial charge in [0.1, 0.15) is 11.8 Å². The molecule has 1 aliphatic heterocycles. The number of hydrogen-bond donors (Lipinski definition) is 4. The first-order valence-electron chi connectivity index (χ1n) is 9.31. The van der Waals surface area contributed by atoms with Gasteiger partial charge in [0, 0.05) is 12.1 Å². The standard InChI is InChI=1S/C21H27N3O4/c1-13-4-6-18(25)15(10-13)16-12-17(24-23-16)21(26)22-9-8-14-5-7-19(27-2)20(11-14)28-3/h4-7,10-11,16-17,23-25H,8-9,12H2,1-3H3,(H,22,26). The van der Waals surface area contributed by atoms with Gasteiger partial charge >= 0.3 is 0 Å². The van der Waals surface area contributed by atoms with Crippen molar-refractivity contribution >= 4 is 5.91 Å². The molecule has 2 aromatic carbocycles. The lowest BCUT2D eigenvalue weighted by Gasteiger charge is -2.13. The molecule has 2 atom stereocenters. The van der Waals surface area contributed by atoms with E-state index in [9.17, 15) is 9.90 Å². The van der Waals surface area contributed by atoms with E-state index in [2.05, 4.69) is 16.2 Å². The number of rotatable bonds is 7. The number of phenolic OH excluding ortho intramolecular Hbond substituents is 1. The van der Waals surface area contributed by atoms with Crippen LogP contribution >= 0.6 is 0 Å². The number of methoxy groups -OCH3 is 2. The van der Waals surface area contributed by atoms with Gasteiger partial charge < -0.3 is 19.9 Å². The van der Waals surface area contributed by atoms with Crippen molar-refractivity contribution in [3.63, 3.8) is 0 Å². The SMILES string of the molecule is COc1ccc(CCNC(=O)C2CC(c3cc(C)ccc3O)NN2)cc1OC. The zero-order valence-corrected chi connectivity index (χ0v) is 16.4. The molecular formula is C21H27N3O4. The van der Waals surface area contributed by atoms with Crippen LogP contribution in [0.4, 0.5) is 0 Å². The normalized spacial score (nSPS) is 18.7. The molecule has 150 valence electrons. The number of amides is 1. The molecule has 0 aromatic heterocycles. The first kappa shape index (κ1) is 20.0. The fraction of sp³-hybridized carbons (Fsp3) is 0.381. The monoisotopic (exact) mass is 385 g/mol. The summed E-state index contributed by atoms with van der Waals surface area (Å²) in [6.07, 6.45) is 1.26. The number of carbonyl (C=O) groups excluding carboxylic acids is 1. The predicted molar refractivity (Wildman–Crippen MR) is 107 cm³/mol. The van der Waals surface area contributed by atoms with E-state index < -0.39 is 0 Å². The second-order valence-electron chi connectivity index (χ2n) is 6.92. The molecule has 2 unspecified atom stereocenters. The molecule has 0 radical (unpaired) electrons. The second-order valence-corrected chi connectivity index (χ2v) is 6.92. The van der Waals surface area contributed by atoms with Gasteiger partial charge in [-0.2, -0.15) is 0 Å². The van der Waals surface area contributed by atoms with Crippen LogP contribution in [0.15, 0.2) is 36.4 Å². The third-order valence-corrected chi connectivity index (χ3v) is 4.94. The van der Waals surface area contributed by atoms with Gasteiger partial charge in [-0.3, -0.25) is 4.79 Å². The van der Waals surface area contributed by atoms with Gasteiger partial charge in [0.2, 0.25) is 5.91 Å². The number of hydrazine groups is 1. The van der Waals surface area contributed by atoms with Crippen molar-refractivity contribution in [1.29, 1.82) is 0 Å². The average molecular weight is 385 g/mol. The van der Waals surface area contributed by atoms with Gasteiger partial charge in [-0.05, 0) is 43.5 Å². The van der Waals surface area contributed by atoms with E-state index in [0.29, 0.717) is 30.9 Å². The summed E-state index contributed by atoms with van der Waals surface area (Å²) in [5.74, 6) is 1.53. The molecule has 0 bridgehead atoms. The van der Waals surface area contributed by atoms with E-state index in [-0.39, 0.29) is 23.7 Å². The third kappa shape index (κ3) is 4.55. The van der Waals surface area contributed by atoms with Crippen molar-refractivity contribution < 1.29 is 19.4 Å². The molecule has 2 aromatic rings. The lowest BCUT2D eigenvalue weighted by molar-refractivity contribution is -0.122. The topological polar surface area (TPSA) is 91.9 Å². The summed E-state index contributed by atoms with van der Waals surface area (Å²) in [5.41, 5.74) is 9.05. The molecule has 28 heavy (non-hydrogen) atoms. The molecule has 0 saturated carbocycles. The number of ether oxygens (including phenoxy) is 2. The summed E-state index contributed by atoms with van der Waals surface area (Å²) in [6.45, 7) is 2.50. The molecule has 1 saturated heterocycles. The lowest BCUT2D eigenvalue weighted by Crippen LogP contribution is -2.43. The molecule has 0 spiro atoms. The fourth-order valence-corrected chi connectivity index (χ4v) is 3.37. The summed E-state index contributed by atoms with van der Waals surface area (Å²) in [5, 5.41) is 13.0. The van der Waals surface area contributed by atoms with Gasteiger partial charge in [-0.1, -0.05) is 23.8 Å². The first-order chi connectivity index (χ1) is 13.5. The van der Waals surface area contributed by atoms with Crippen molar-refractivity contribution in [1.82, 2.24) is 16.2 Å². The van der Waals surface area contributed by atoms with E-state index in [1.807, 2.05) is 37.3 Å². The molecule has 0 aliphatic carbocycles. The fourth-order valence-electron chi connectivity index (χ4n) is 3.37. The number of aryl methyl sites for hydroxylation is 1. The first-order valence-corrected chi connectivity index (χ1v) is 9.31. The van der Waals surface area contributed by atoms with E-state index >= 15 is 0 Å². The van der Waals surface area contributed by atoms with Gasteiger partial charge in [-0.25, -0.2) is 10.9 Å². The summed E-state index contributed by atoms with van der Waals surface area (Å²) in [4.78, 5) is 12.5. The van der Waals surface area contributed by atoms with Crippen LogP contribution in [-0.2, 0) is 11.2 Å². The molecule has 1 fully saturated rings. The third-order valence-electron chi connectivity index (χ3n) is 4.94. The van der Waals surface area contributed by atoms with Crippen molar-refractivity contribution in [2.45, 2.75) is 31.8 Å². The molecule has 1 aliphatic rings. The van der Waals surface area contributed by atoms with E-state index in [1.165, 1.54) is 0 Å². The largest absolute Gasteiger partial charge is 0.508 e. The Labute approximate surface area is 165 Å². The van der Waals surface area contributed by atoms with Crippen LogP contribution in [0, 0.1) is 6.92 Å². The van der Waals surface area contributed by atoms with Crippen LogP contribution in [0.1, 0.15) is 29.2 Å². The maximum Gasteiger partial charge on any atom is 0.238 e. The van der Waals surface area contributed by atoms with Crippen molar-refractivity contribution in [3.8, 4) is 17.2 Å². The Balaban J connectivity index is 1.51. The zero-order valence-electron chi connectivity index (χ0n) is 16.4. The predicted octanol–water partition coefficient (Wildman–Crippen LogP) is 1.98. The highest BCUT2D eigenvalue weighted by Gasteiger charge is 2.31. The summed E-state index contributed by atoms with van der Waals surface area (Å²) < 4.78 is 10.5. The van der Waals surface area contributed by atoms with Crippen LogP contribution in [0.2, 0.25) is 0 Å². The highest BCUT2D eigenvalue weighted by atomic mass is 16.5. The number of phenols is 1. The van der Waals surface area contributed by atoms with Crippen LogP contribution in [0.5, 0.6) is 17.2 Å². The van der Waals surface area contributed by atoms with Crippen molar-refractivity contribution in [3.05, 3.63) is 53.1 Å². The minimum atomic E-state index is -0.352. The quantitative estimate of drug-likeness (QED) is 0.583. The van der Waals surface area contributed by atoms with E-state index in [1.54, 1.807) is 20.3 Å². The van der Waals surface area contributed by atoms with Crippen LogP contribution in [0.3, 0.4) is 0 Å². The molecule has 4 N–H and O–H groups in total. The maximum absolute atomic E-state index is 12.5. The average Bonchev–Trinajstić information content (AvgIpc) is 3.19. The molecular weight excluding hydrogens is 358 g/mol. The highest BCUT2D eigenvalue weighted by Crippen LogP contribution is 2.30. The summed E-state index contributed by atoms with van der Waals surface area (Å²) >= 11 is 0. The Hall–Kier alpha value is -2.77.